The molecule has 3 N–H and O–H groups in total. The predicted octanol–water partition coefficient (Wildman–Crippen LogP) is 0.626. The van der Waals surface area contributed by atoms with Crippen LogP contribution in [0.15, 0.2) is 24.3 Å². The van der Waals surface area contributed by atoms with Crippen molar-refractivity contribution in [3.05, 3.63) is 29.8 Å². The molecule has 1 heterocycles. The Labute approximate surface area is 142 Å². The average Bonchev–Trinajstić information content (AvgIpc) is 2.58. The highest BCUT2D eigenvalue weighted by Crippen LogP contribution is 2.16. The van der Waals surface area contributed by atoms with E-state index in [0.717, 1.165) is 25.9 Å². The fraction of sp³-hybridized carbons (Fsp3) is 0.444. The Hall–Kier alpha value is -2.52. The molecule has 1 aliphatic rings. The van der Waals surface area contributed by atoms with Crippen molar-refractivity contribution in [3.63, 3.8) is 0 Å². The fourth-order valence-electron chi connectivity index (χ4n) is 2.68. The molecule has 1 atom stereocenters. The minimum absolute atomic E-state index is 0.0456. The van der Waals surface area contributed by atoms with Crippen LogP contribution in [0.4, 0.5) is 0 Å². The summed E-state index contributed by atoms with van der Waals surface area (Å²) in [7, 11) is 2.03. The van der Waals surface area contributed by atoms with Gasteiger partial charge in [-0.2, -0.15) is 0 Å². The van der Waals surface area contributed by atoms with E-state index in [0.29, 0.717) is 17.9 Å². The van der Waals surface area contributed by atoms with Gasteiger partial charge in [0.25, 0.3) is 5.91 Å². The number of hydrogen-bond donors (Lipinski definition) is 2. The van der Waals surface area contributed by atoms with Crippen LogP contribution in [0, 0.1) is 17.8 Å². The third kappa shape index (κ3) is 5.28. The highest BCUT2D eigenvalue weighted by molar-refractivity contribution is 5.95. The minimum Gasteiger partial charge on any atom is -0.480 e. The van der Waals surface area contributed by atoms with E-state index in [4.69, 9.17) is 10.5 Å². The second kappa shape index (κ2) is 8.94. The van der Waals surface area contributed by atoms with Crippen molar-refractivity contribution in [3.8, 4) is 17.6 Å². The third-order valence-corrected chi connectivity index (χ3v) is 3.92. The lowest BCUT2D eigenvalue weighted by Gasteiger charge is -2.28. The standard InChI is InChI=1S/C18H23N3O3/c1-21-11-6-7-14(13-21)18(23)20-10-4-5-12-24-16-9-3-2-8-15(16)17(19)22/h2-3,8-9,14H,6-7,10-13H2,1H3,(H2,19,22)(H,20,23)/t14-/m0/s1. The monoisotopic (exact) mass is 329 g/mol. The number of ether oxygens (including phenoxy) is 1. The maximum absolute atomic E-state index is 12.0. The van der Waals surface area contributed by atoms with Crippen molar-refractivity contribution in [1.29, 1.82) is 0 Å². The number of para-hydroxylation sites is 1. The Morgan fingerprint density at radius 1 is 1.38 bits per heavy atom. The van der Waals surface area contributed by atoms with Gasteiger partial charge in [-0.15, -0.1) is 0 Å². The number of primary amides is 1. The van der Waals surface area contributed by atoms with E-state index in [2.05, 4.69) is 22.1 Å². The van der Waals surface area contributed by atoms with E-state index in [1.807, 2.05) is 7.05 Å². The van der Waals surface area contributed by atoms with Gasteiger partial charge in [0.2, 0.25) is 5.91 Å². The van der Waals surface area contributed by atoms with Crippen LogP contribution < -0.4 is 15.8 Å². The lowest BCUT2D eigenvalue weighted by Crippen LogP contribution is -2.41. The van der Waals surface area contributed by atoms with Crippen LogP contribution >= 0.6 is 0 Å². The van der Waals surface area contributed by atoms with Gasteiger partial charge in [-0.25, -0.2) is 0 Å². The SMILES string of the molecule is CN1CCC[C@H](C(=O)NCC#CCOc2ccccc2C(N)=O)C1. The van der Waals surface area contributed by atoms with E-state index in [-0.39, 0.29) is 18.4 Å². The number of benzene rings is 1. The van der Waals surface area contributed by atoms with Crippen LogP contribution in [0.3, 0.4) is 0 Å². The number of hydrogen-bond acceptors (Lipinski definition) is 4. The van der Waals surface area contributed by atoms with Crippen LogP contribution in [0.25, 0.3) is 0 Å². The molecule has 1 fully saturated rings. The first kappa shape index (κ1) is 17.8. The zero-order valence-corrected chi connectivity index (χ0v) is 13.9. The first-order valence-corrected chi connectivity index (χ1v) is 8.01. The molecular weight excluding hydrogens is 306 g/mol. The molecule has 128 valence electrons. The van der Waals surface area contributed by atoms with Gasteiger partial charge in [-0.3, -0.25) is 9.59 Å². The Kier molecular flexibility index (Phi) is 6.64. The number of amides is 2. The van der Waals surface area contributed by atoms with Crippen molar-refractivity contribution >= 4 is 11.8 Å². The molecule has 6 heteroatoms. The molecule has 1 saturated heterocycles. The molecule has 6 nitrogen and oxygen atoms in total. The fourth-order valence-corrected chi connectivity index (χ4v) is 2.68. The summed E-state index contributed by atoms with van der Waals surface area (Å²) in [4.78, 5) is 25.5. The summed E-state index contributed by atoms with van der Waals surface area (Å²) >= 11 is 0. The molecule has 0 aliphatic carbocycles. The Balaban J connectivity index is 1.73. The van der Waals surface area contributed by atoms with Crippen LogP contribution in [-0.4, -0.2) is 50.0 Å². The normalized spacial score (nSPS) is 17.5. The first-order valence-electron chi connectivity index (χ1n) is 8.01. The Bertz CT molecular complexity index is 648. The Morgan fingerprint density at radius 3 is 2.92 bits per heavy atom. The summed E-state index contributed by atoms with van der Waals surface area (Å²) in [6.07, 6.45) is 1.98. The number of carbonyl (C=O) groups excluding carboxylic acids is 2. The van der Waals surface area contributed by atoms with Gasteiger partial charge in [-0.1, -0.05) is 24.0 Å². The number of nitrogens with zero attached hydrogens (tertiary/aromatic N) is 1. The van der Waals surface area contributed by atoms with Crippen molar-refractivity contribution in [2.24, 2.45) is 11.7 Å². The summed E-state index contributed by atoms with van der Waals surface area (Å²) < 4.78 is 5.44. The van der Waals surface area contributed by atoms with Gasteiger partial charge < -0.3 is 20.7 Å². The van der Waals surface area contributed by atoms with Crippen molar-refractivity contribution in [2.45, 2.75) is 12.8 Å². The van der Waals surface area contributed by atoms with Crippen molar-refractivity contribution in [1.82, 2.24) is 10.2 Å². The zero-order chi connectivity index (χ0) is 17.4. The van der Waals surface area contributed by atoms with Crippen LogP contribution in [-0.2, 0) is 4.79 Å². The molecule has 0 spiro atoms. The molecule has 1 aromatic carbocycles. The average molecular weight is 329 g/mol. The highest BCUT2D eigenvalue weighted by atomic mass is 16.5. The molecule has 2 rings (SSSR count). The molecular formula is C18H23N3O3. The third-order valence-electron chi connectivity index (χ3n) is 3.92. The van der Waals surface area contributed by atoms with E-state index in [1.165, 1.54) is 0 Å². The van der Waals surface area contributed by atoms with E-state index in [9.17, 15) is 9.59 Å². The van der Waals surface area contributed by atoms with Gasteiger partial charge in [0.1, 0.15) is 12.4 Å². The summed E-state index contributed by atoms with van der Waals surface area (Å²) in [5.74, 6) is 5.64. The van der Waals surface area contributed by atoms with Gasteiger partial charge in [0, 0.05) is 6.54 Å². The number of carbonyl (C=O) groups is 2. The molecule has 0 unspecified atom stereocenters. The number of nitrogens with two attached hydrogens (primary N) is 1. The quantitative estimate of drug-likeness (QED) is 0.776. The minimum atomic E-state index is -0.539. The van der Waals surface area contributed by atoms with Crippen LogP contribution in [0.1, 0.15) is 23.2 Å². The molecule has 0 bridgehead atoms. The van der Waals surface area contributed by atoms with Crippen molar-refractivity contribution < 1.29 is 14.3 Å². The molecule has 2 amide bonds. The van der Waals surface area contributed by atoms with Gasteiger partial charge in [-0.05, 0) is 38.6 Å². The molecule has 0 aromatic heterocycles. The summed E-state index contributed by atoms with van der Waals surface area (Å²) in [6, 6.07) is 6.75. The Morgan fingerprint density at radius 2 is 2.17 bits per heavy atom. The summed E-state index contributed by atoms with van der Waals surface area (Å²) in [5.41, 5.74) is 5.60. The van der Waals surface area contributed by atoms with E-state index in [1.54, 1.807) is 24.3 Å². The predicted molar refractivity (Wildman–Crippen MR) is 91.5 cm³/mol. The van der Waals surface area contributed by atoms with Gasteiger partial charge >= 0.3 is 0 Å². The highest BCUT2D eigenvalue weighted by Gasteiger charge is 2.23. The van der Waals surface area contributed by atoms with Crippen molar-refractivity contribution in [2.75, 3.05) is 33.3 Å². The second-order valence-electron chi connectivity index (χ2n) is 5.82. The number of nitrogens with one attached hydrogen (secondary N) is 1. The van der Waals surface area contributed by atoms with E-state index >= 15 is 0 Å². The summed E-state index contributed by atoms with van der Waals surface area (Å²) in [5, 5.41) is 2.83. The van der Waals surface area contributed by atoms with E-state index < -0.39 is 5.91 Å². The second-order valence-corrected chi connectivity index (χ2v) is 5.82. The summed E-state index contributed by atoms with van der Waals surface area (Å²) in [6.45, 7) is 2.27. The molecule has 0 saturated carbocycles. The molecule has 24 heavy (non-hydrogen) atoms. The number of likely N-dealkylation sites (tertiary alicyclic amines) is 1. The first-order chi connectivity index (χ1) is 11.6. The maximum Gasteiger partial charge on any atom is 0.252 e. The molecule has 0 radical (unpaired) electrons. The van der Waals surface area contributed by atoms with Crippen LogP contribution in [0.5, 0.6) is 5.75 Å². The number of piperidine rings is 1. The van der Waals surface area contributed by atoms with Gasteiger partial charge in [0.15, 0.2) is 0 Å². The smallest absolute Gasteiger partial charge is 0.252 e. The molecule has 1 aromatic rings. The topological polar surface area (TPSA) is 84.7 Å². The largest absolute Gasteiger partial charge is 0.480 e. The lowest BCUT2D eigenvalue weighted by molar-refractivity contribution is -0.126. The number of rotatable bonds is 5. The van der Waals surface area contributed by atoms with Crippen LogP contribution in [0.2, 0.25) is 0 Å². The lowest BCUT2D eigenvalue weighted by atomic mass is 9.98. The van der Waals surface area contributed by atoms with Gasteiger partial charge in [0.05, 0.1) is 18.0 Å². The molecule has 1 aliphatic heterocycles. The zero-order valence-electron chi connectivity index (χ0n) is 13.9. The maximum atomic E-state index is 12.0.